The third kappa shape index (κ3) is 5.13. The quantitative estimate of drug-likeness (QED) is 0.410. The van der Waals surface area contributed by atoms with Crippen LogP contribution in [0.1, 0.15) is 21.6 Å². The van der Waals surface area contributed by atoms with Gasteiger partial charge in [0.05, 0.1) is 5.56 Å². The van der Waals surface area contributed by atoms with Crippen LogP contribution in [0.15, 0.2) is 78.2 Å². The summed E-state index contributed by atoms with van der Waals surface area (Å²) in [5.74, 6) is -1.11. The first-order chi connectivity index (χ1) is 15.1. The van der Waals surface area contributed by atoms with Crippen LogP contribution >= 0.6 is 11.3 Å². The van der Waals surface area contributed by atoms with Gasteiger partial charge in [0.2, 0.25) is 0 Å². The topological polar surface area (TPSA) is 51.2 Å². The van der Waals surface area contributed by atoms with Gasteiger partial charge in [-0.1, -0.05) is 48.5 Å². The summed E-state index contributed by atoms with van der Waals surface area (Å²) in [6.45, 7) is 0.190. The molecule has 4 rings (SSSR count). The Bertz CT molecular complexity index is 1170. The van der Waals surface area contributed by atoms with Crippen LogP contribution in [0, 0.1) is 11.6 Å². The van der Waals surface area contributed by atoms with Crippen molar-refractivity contribution in [2.45, 2.75) is 13.2 Å². The molecule has 4 aromatic rings. The zero-order chi connectivity index (χ0) is 21.6. The molecule has 0 atom stereocenters. The monoisotopic (exact) mass is 436 g/mol. The second-order valence-electron chi connectivity index (χ2n) is 6.72. The standard InChI is InChI=1S/C24H18F2N2O2S/c25-20-10-5-11-21(26)19(20)14-30-18-9-4-8-17(12-18)24-28-22(15-31-24)23(29)27-13-16-6-2-1-3-7-16/h1-12,15H,13-14H2,(H,27,29). The molecule has 156 valence electrons. The highest BCUT2D eigenvalue weighted by Crippen LogP contribution is 2.27. The van der Waals surface area contributed by atoms with Crippen LogP contribution in [0.5, 0.6) is 5.75 Å². The fourth-order valence-corrected chi connectivity index (χ4v) is 3.72. The molecule has 0 spiro atoms. The van der Waals surface area contributed by atoms with Crippen molar-refractivity contribution in [3.63, 3.8) is 0 Å². The third-order valence-corrected chi connectivity index (χ3v) is 5.45. The van der Waals surface area contributed by atoms with E-state index in [-0.39, 0.29) is 18.1 Å². The lowest BCUT2D eigenvalue weighted by Gasteiger charge is -2.09. The summed E-state index contributed by atoms with van der Waals surface area (Å²) >= 11 is 1.33. The minimum Gasteiger partial charge on any atom is -0.489 e. The summed E-state index contributed by atoms with van der Waals surface area (Å²) in [6, 6.07) is 20.3. The number of nitrogens with one attached hydrogen (secondary N) is 1. The van der Waals surface area contributed by atoms with E-state index in [0.717, 1.165) is 11.1 Å². The second-order valence-corrected chi connectivity index (χ2v) is 7.58. The Kier molecular flexibility index (Phi) is 6.33. The molecule has 0 bridgehead atoms. The van der Waals surface area contributed by atoms with Gasteiger partial charge >= 0.3 is 0 Å². The molecule has 0 aliphatic heterocycles. The average molecular weight is 436 g/mol. The Morgan fingerprint density at radius 2 is 1.71 bits per heavy atom. The summed E-state index contributed by atoms with van der Waals surface area (Å²) < 4.78 is 33.1. The minimum absolute atomic E-state index is 0.125. The largest absolute Gasteiger partial charge is 0.489 e. The molecule has 0 fully saturated rings. The number of halogens is 2. The maximum absolute atomic E-state index is 13.8. The number of ether oxygens (including phenoxy) is 1. The maximum Gasteiger partial charge on any atom is 0.271 e. The summed E-state index contributed by atoms with van der Waals surface area (Å²) in [5.41, 5.74) is 1.95. The van der Waals surface area contributed by atoms with Crippen molar-refractivity contribution >= 4 is 17.2 Å². The number of benzene rings is 3. The van der Waals surface area contributed by atoms with E-state index in [1.54, 1.807) is 23.6 Å². The van der Waals surface area contributed by atoms with Gasteiger partial charge in [0.25, 0.3) is 5.91 Å². The van der Waals surface area contributed by atoms with E-state index in [1.807, 2.05) is 36.4 Å². The van der Waals surface area contributed by atoms with Crippen molar-refractivity contribution in [1.29, 1.82) is 0 Å². The number of hydrogen-bond acceptors (Lipinski definition) is 4. The van der Waals surface area contributed by atoms with Gasteiger partial charge in [-0.25, -0.2) is 13.8 Å². The minimum atomic E-state index is -0.651. The van der Waals surface area contributed by atoms with Gasteiger partial charge in [-0.05, 0) is 29.8 Å². The van der Waals surface area contributed by atoms with Gasteiger partial charge in [-0.2, -0.15) is 0 Å². The maximum atomic E-state index is 13.8. The summed E-state index contributed by atoms with van der Waals surface area (Å²) in [6.07, 6.45) is 0. The molecule has 31 heavy (non-hydrogen) atoms. The molecular formula is C24H18F2N2O2S. The highest BCUT2D eigenvalue weighted by atomic mass is 32.1. The molecule has 0 aliphatic carbocycles. The second kappa shape index (κ2) is 9.49. The number of carbonyl (C=O) groups excluding carboxylic acids is 1. The summed E-state index contributed by atoms with van der Waals surface area (Å²) in [4.78, 5) is 16.8. The van der Waals surface area contributed by atoms with E-state index in [4.69, 9.17) is 4.74 Å². The normalized spacial score (nSPS) is 10.6. The van der Waals surface area contributed by atoms with Crippen molar-refractivity contribution in [2.75, 3.05) is 0 Å². The molecule has 0 saturated carbocycles. The molecule has 7 heteroatoms. The van der Waals surface area contributed by atoms with Crippen LogP contribution in [0.2, 0.25) is 0 Å². The molecule has 0 unspecified atom stereocenters. The van der Waals surface area contributed by atoms with Crippen LogP contribution in [-0.2, 0) is 13.2 Å². The number of aromatic nitrogens is 1. The smallest absolute Gasteiger partial charge is 0.271 e. The van der Waals surface area contributed by atoms with Gasteiger partial charge in [-0.3, -0.25) is 4.79 Å². The fourth-order valence-electron chi connectivity index (χ4n) is 2.92. The van der Waals surface area contributed by atoms with E-state index in [0.29, 0.717) is 23.0 Å². The number of amides is 1. The van der Waals surface area contributed by atoms with E-state index >= 15 is 0 Å². The Hall–Kier alpha value is -3.58. The molecule has 4 nitrogen and oxygen atoms in total. The molecular weight excluding hydrogens is 418 g/mol. The highest BCUT2D eigenvalue weighted by molar-refractivity contribution is 7.13. The first-order valence-corrected chi connectivity index (χ1v) is 10.4. The van der Waals surface area contributed by atoms with E-state index in [2.05, 4.69) is 10.3 Å². The molecule has 1 heterocycles. The predicted molar refractivity (Wildman–Crippen MR) is 116 cm³/mol. The Labute approximate surface area is 182 Å². The molecule has 3 aromatic carbocycles. The van der Waals surface area contributed by atoms with Crippen LogP contribution in [0.3, 0.4) is 0 Å². The molecule has 1 N–H and O–H groups in total. The number of carbonyl (C=O) groups is 1. The Morgan fingerprint density at radius 3 is 2.48 bits per heavy atom. The van der Waals surface area contributed by atoms with Crippen LogP contribution in [-0.4, -0.2) is 10.9 Å². The van der Waals surface area contributed by atoms with E-state index < -0.39 is 11.6 Å². The molecule has 1 aromatic heterocycles. The van der Waals surface area contributed by atoms with Crippen LogP contribution < -0.4 is 10.1 Å². The lowest BCUT2D eigenvalue weighted by molar-refractivity contribution is 0.0946. The zero-order valence-electron chi connectivity index (χ0n) is 16.3. The van der Waals surface area contributed by atoms with Crippen molar-refractivity contribution < 1.29 is 18.3 Å². The van der Waals surface area contributed by atoms with Gasteiger partial charge < -0.3 is 10.1 Å². The molecule has 1 amide bonds. The summed E-state index contributed by atoms with van der Waals surface area (Å²) in [5, 5.41) is 5.19. The van der Waals surface area contributed by atoms with Gasteiger partial charge in [0.1, 0.15) is 34.7 Å². The molecule has 0 saturated heterocycles. The van der Waals surface area contributed by atoms with Gasteiger partial charge in [0.15, 0.2) is 0 Å². The number of hydrogen-bond donors (Lipinski definition) is 1. The van der Waals surface area contributed by atoms with Crippen LogP contribution in [0.4, 0.5) is 8.78 Å². The third-order valence-electron chi connectivity index (χ3n) is 4.56. The molecule has 0 radical (unpaired) electrons. The zero-order valence-corrected chi connectivity index (χ0v) is 17.2. The van der Waals surface area contributed by atoms with Crippen molar-refractivity contribution in [2.24, 2.45) is 0 Å². The van der Waals surface area contributed by atoms with Gasteiger partial charge in [0, 0.05) is 17.5 Å². The first kappa shape index (κ1) is 20.7. The highest BCUT2D eigenvalue weighted by Gasteiger charge is 2.13. The Morgan fingerprint density at radius 1 is 0.968 bits per heavy atom. The van der Waals surface area contributed by atoms with Gasteiger partial charge in [-0.15, -0.1) is 11.3 Å². The fraction of sp³-hybridized carbons (Fsp3) is 0.0833. The summed E-state index contributed by atoms with van der Waals surface area (Å²) in [7, 11) is 0. The number of thiazole rings is 1. The van der Waals surface area contributed by atoms with E-state index in [9.17, 15) is 13.6 Å². The lowest BCUT2D eigenvalue weighted by atomic mass is 10.2. The SMILES string of the molecule is O=C(NCc1ccccc1)c1csc(-c2cccc(OCc3c(F)cccc3F)c2)n1. The van der Waals surface area contributed by atoms with Crippen molar-refractivity contribution in [3.8, 4) is 16.3 Å². The average Bonchev–Trinajstić information content (AvgIpc) is 3.29. The lowest BCUT2D eigenvalue weighted by Crippen LogP contribution is -2.23. The Balaban J connectivity index is 1.42. The number of nitrogens with zero attached hydrogens (tertiary/aromatic N) is 1. The number of rotatable bonds is 7. The first-order valence-electron chi connectivity index (χ1n) is 9.54. The van der Waals surface area contributed by atoms with Crippen molar-refractivity contribution in [1.82, 2.24) is 10.3 Å². The van der Waals surface area contributed by atoms with Crippen LogP contribution in [0.25, 0.3) is 10.6 Å². The predicted octanol–water partition coefficient (Wildman–Crippen LogP) is 5.60. The van der Waals surface area contributed by atoms with E-state index in [1.165, 1.54) is 29.5 Å². The van der Waals surface area contributed by atoms with Crippen molar-refractivity contribution in [3.05, 3.63) is 107 Å². The molecule has 0 aliphatic rings.